The summed E-state index contributed by atoms with van der Waals surface area (Å²) < 4.78 is 1.45. The lowest BCUT2D eigenvalue weighted by Gasteiger charge is -2.30. The van der Waals surface area contributed by atoms with Crippen LogP contribution in [0, 0.1) is 16.0 Å². The summed E-state index contributed by atoms with van der Waals surface area (Å²) >= 11 is 1.18. The summed E-state index contributed by atoms with van der Waals surface area (Å²) in [5, 5.41) is 15.7. The Labute approximate surface area is 175 Å². The van der Waals surface area contributed by atoms with Crippen LogP contribution in [0.3, 0.4) is 0 Å². The molecule has 4 rings (SSSR count). The lowest BCUT2D eigenvalue weighted by molar-refractivity contribution is -0.384. The number of non-ortho nitro benzene ring substituents is 1. The number of aromatic amines is 1. The molecule has 1 aliphatic heterocycles. The molecule has 0 radical (unpaired) electrons. The van der Waals surface area contributed by atoms with E-state index in [9.17, 15) is 19.7 Å². The van der Waals surface area contributed by atoms with E-state index in [0.717, 1.165) is 25.9 Å². The van der Waals surface area contributed by atoms with Crippen LogP contribution in [-0.2, 0) is 4.79 Å². The molecule has 1 saturated heterocycles. The molecular weight excluding hydrogens is 408 g/mol. The van der Waals surface area contributed by atoms with Gasteiger partial charge >= 0.3 is 0 Å². The van der Waals surface area contributed by atoms with E-state index in [2.05, 4.69) is 22.0 Å². The van der Waals surface area contributed by atoms with E-state index in [4.69, 9.17) is 0 Å². The Morgan fingerprint density at radius 1 is 1.30 bits per heavy atom. The van der Waals surface area contributed by atoms with Crippen molar-refractivity contribution >= 4 is 34.4 Å². The molecule has 0 aliphatic carbocycles. The minimum Gasteiger partial charge on any atom is -0.342 e. The molecule has 1 aromatic carbocycles. The number of nitro groups is 1. The number of hydrogen-bond acceptors (Lipinski definition) is 7. The average molecular weight is 428 g/mol. The number of fused-ring (bicyclic) bond motifs is 1. The van der Waals surface area contributed by atoms with Crippen LogP contribution in [0.2, 0.25) is 0 Å². The summed E-state index contributed by atoms with van der Waals surface area (Å²) in [6.45, 7) is 3.71. The first-order valence-electron chi connectivity index (χ1n) is 9.56. The van der Waals surface area contributed by atoms with Crippen LogP contribution in [-0.4, -0.2) is 54.3 Å². The number of benzene rings is 1. The fourth-order valence-corrected chi connectivity index (χ4v) is 4.11. The van der Waals surface area contributed by atoms with Crippen molar-refractivity contribution in [1.29, 1.82) is 0 Å². The number of thioether (sulfide) groups is 1. The molecule has 30 heavy (non-hydrogen) atoms. The second-order valence-corrected chi connectivity index (χ2v) is 8.25. The third-order valence-electron chi connectivity index (χ3n) is 5.19. The first kappa shape index (κ1) is 20.1. The van der Waals surface area contributed by atoms with Gasteiger partial charge in [-0.25, -0.2) is 9.67 Å². The van der Waals surface area contributed by atoms with Gasteiger partial charge in [-0.1, -0.05) is 18.7 Å². The van der Waals surface area contributed by atoms with Crippen molar-refractivity contribution < 1.29 is 9.72 Å². The van der Waals surface area contributed by atoms with Crippen molar-refractivity contribution in [3.8, 4) is 5.69 Å². The number of nitro benzene ring substituents is 1. The lowest BCUT2D eigenvalue weighted by Crippen LogP contribution is -2.38. The van der Waals surface area contributed by atoms with E-state index in [-0.39, 0.29) is 22.9 Å². The Morgan fingerprint density at radius 2 is 2.00 bits per heavy atom. The van der Waals surface area contributed by atoms with Gasteiger partial charge in [0.2, 0.25) is 5.91 Å². The van der Waals surface area contributed by atoms with Gasteiger partial charge in [-0.3, -0.25) is 19.7 Å². The number of carbonyl (C=O) groups is 1. The van der Waals surface area contributed by atoms with Gasteiger partial charge in [-0.2, -0.15) is 5.10 Å². The second kappa shape index (κ2) is 8.27. The molecule has 3 heterocycles. The molecule has 2 aromatic heterocycles. The van der Waals surface area contributed by atoms with Crippen molar-refractivity contribution in [2.75, 3.05) is 18.8 Å². The highest BCUT2D eigenvalue weighted by Crippen LogP contribution is 2.21. The van der Waals surface area contributed by atoms with Gasteiger partial charge in [0.1, 0.15) is 5.39 Å². The van der Waals surface area contributed by atoms with Gasteiger partial charge in [-0.15, -0.1) is 0 Å². The monoisotopic (exact) mass is 428 g/mol. The number of amides is 1. The van der Waals surface area contributed by atoms with Crippen molar-refractivity contribution in [2.24, 2.45) is 5.92 Å². The van der Waals surface area contributed by atoms with Crippen molar-refractivity contribution in [1.82, 2.24) is 24.6 Å². The maximum absolute atomic E-state index is 12.5. The molecule has 0 unspecified atom stereocenters. The van der Waals surface area contributed by atoms with Crippen molar-refractivity contribution in [2.45, 2.75) is 24.9 Å². The highest BCUT2D eigenvalue weighted by atomic mass is 32.2. The molecule has 3 aromatic rings. The predicted octanol–water partition coefficient (Wildman–Crippen LogP) is 2.37. The second-order valence-electron chi connectivity index (χ2n) is 7.29. The van der Waals surface area contributed by atoms with Gasteiger partial charge < -0.3 is 9.88 Å². The van der Waals surface area contributed by atoms with Crippen LogP contribution in [0.25, 0.3) is 16.7 Å². The first-order chi connectivity index (χ1) is 14.4. The maximum Gasteiger partial charge on any atom is 0.269 e. The zero-order valence-corrected chi connectivity index (χ0v) is 17.1. The number of aromatic nitrogens is 4. The standard InChI is InChI=1S/C19H20N6O4S/c1-12-6-8-23(9-7-12)16(26)11-30-19-21-17-15(18(27)22-19)10-20-24(17)13-2-4-14(5-3-13)25(28)29/h2-5,10,12H,6-9,11H2,1H3,(H,21,22,27). The van der Waals surface area contributed by atoms with Gasteiger partial charge in [0.25, 0.3) is 11.2 Å². The molecule has 0 saturated carbocycles. The number of piperidine rings is 1. The van der Waals surface area contributed by atoms with E-state index >= 15 is 0 Å². The molecule has 156 valence electrons. The smallest absolute Gasteiger partial charge is 0.269 e. The summed E-state index contributed by atoms with van der Waals surface area (Å²) in [7, 11) is 0. The topological polar surface area (TPSA) is 127 Å². The van der Waals surface area contributed by atoms with E-state index < -0.39 is 4.92 Å². The Hall–Kier alpha value is -3.21. The molecule has 1 N–H and O–H groups in total. The summed E-state index contributed by atoms with van der Waals surface area (Å²) in [5.41, 5.74) is 0.482. The first-order valence-corrected chi connectivity index (χ1v) is 10.5. The van der Waals surface area contributed by atoms with E-state index in [1.165, 1.54) is 34.8 Å². The summed E-state index contributed by atoms with van der Waals surface area (Å²) in [5.74, 6) is 0.856. The third-order valence-corrected chi connectivity index (χ3v) is 6.05. The fraction of sp³-hybridized carbons (Fsp3) is 0.368. The van der Waals surface area contributed by atoms with Crippen LogP contribution >= 0.6 is 11.8 Å². The zero-order valence-electron chi connectivity index (χ0n) is 16.3. The third kappa shape index (κ3) is 4.06. The van der Waals surface area contributed by atoms with Crippen LogP contribution in [0.4, 0.5) is 5.69 Å². The fourth-order valence-electron chi connectivity index (χ4n) is 3.35. The zero-order chi connectivity index (χ0) is 21.3. The van der Waals surface area contributed by atoms with Gasteiger partial charge in [0.15, 0.2) is 10.8 Å². The highest BCUT2D eigenvalue weighted by Gasteiger charge is 2.21. The molecule has 11 heteroatoms. The number of nitrogens with one attached hydrogen (secondary N) is 1. The molecule has 0 bridgehead atoms. The van der Waals surface area contributed by atoms with Crippen LogP contribution in [0.15, 0.2) is 40.4 Å². The minimum atomic E-state index is -0.483. The number of carbonyl (C=O) groups excluding carboxylic acids is 1. The Bertz CT molecular complexity index is 1150. The van der Waals surface area contributed by atoms with Crippen LogP contribution < -0.4 is 5.56 Å². The number of rotatable bonds is 5. The van der Waals surface area contributed by atoms with Crippen molar-refractivity contribution in [3.05, 3.63) is 50.9 Å². The maximum atomic E-state index is 12.5. The molecule has 1 fully saturated rings. The average Bonchev–Trinajstić information content (AvgIpc) is 3.17. The minimum absolute atomic E-state index is 0.0264. The summed E-state index contributed by atoms with van der Waals surface area (Å²) in [6.07, 6.45) is 3.41. The highest BCUT2D eigenvalue weighted by molar-refractivity contribution is 7.99. The normalized spacial score (nSPS) is 14.9. The van der Waals surface area contributed by atoms with Crippen LogP contribution in [0.1, 0.15) is 19.8 Å². The molecule has 0 atom stereocenters. The van der Waals surface area contributed by atoms with Gasteiger partial charge in [-0.05, 0) is 30.9 Å². The summed E-state index contributed by atoms with van der Waals surface area (Å²) in [4.78, 5) is 44.3. The van der Waals surface area contributed by atoms with Crippen LogP contribution in [0.5, 0.6) is 0 Å². The Morgan fingerprint density at radius 3 is 2.67 bits per heavy atom. The van der Waals surface area contributed by atoms with Gasteiger partial charge in [0.05, 0.1) is 22.6 Å². The quantitative estimate of drug-likeness (QED) is 0.286. The molecular formula is C19H20N6O4S. The predicted molar refractivity (Wildman–Crippen MR) is 112 cm³/mol. The summed E-state index contributed by atoms with van der Waals surface area (Å²) in [6, 6.07) is 5.82. The largest absolute Gasteiger partial charge is 0.342 e. The van der Waals surface area contributed by atoms with Gasteiger partial charge in [0, 0.05) is 25.2 Å². The number of H-pyrrole nitrogens is 1. The van der Waals surface area contributed by atoms with E-state index in [1.807, 2.05) is 4.90 Å². The molecule has 10 nitrogen and oxygen atoms in total. The molecule has 1 aliphatic rings. The molecule has 1 amide bonds. The lowest BCUT2D eigenvalue weighted by atomic mass is 9.99. The van der Waals surface area contributed by atoms with E-state index in [1.54, 1.807) is 12.1 Å². The molecule has 0 spiro atoms. The van der Waals surface area contributed by atoms with E-state index in [0.29, 0.717) is 27.8 Å². The number of nitrogens with zero attached hydrogens (tertiary/aromatic N) is 5. The number of hydrogen-bond donors (Lipinski definition) is 1. The number of likely N-dealkylation sites (tertiary alicyclic amines) is 1. The van der Waals surface area contributed by atoms with Crippen molar-refractivity contribution in [3.63, 3.8) is 0 Å². The SMILES string of the molecule is CC1CCN(C(=O)CSc2nc3c(cnn3-c3ccc([N+](=O)[O-])cc3)c(=O)[nH]2)CC1. The Balaban J connectivity index is 1.55. The Kier molecular flexibility index (Phi) is 5.53.